The van der Waals surface area contributed by atoms with Gasteiger partial charge in [-0.05, 0) is 37.0 Å². The van der Waals surface area contributed by atoms with Crippen LogP contribution in [0.25, 0.3) is 0 Å². The SMILES string of the molecule is CC(CCl)CCCNS(=O)(=O)c1cccc(Cl)c1. The molecule has 1 rings (SSSR count). The summed E-state index contributed by atoms with van der Waals surface area (Å²) in [5.41, 5.74) is 0. The van der Waals surface area contributed by atoms with Gasteiger partial charge < -0.3 is 0 Å². The summed E-state index contributed by atoms with van der Waals surface area (Å²) in [7, 11) is -3.45. The second-order valence-electron chi connectivity index (χ2n) is 4.26. The highest BCUT2D eigenvalue weighted by molar-refractivity contribution is 7.89. The summed E-state index contributed by atoms with van der Waals surface area (Å²) in [6, 6.07) is 6.22. The van der Waals surface area contributed by atoms with E-state index in [0.717, 1.165) is 12.8 Å². The molecule has 18 heavy (non-hydrogen) atoms. The molecule has 0 bridgehead atoms. The molecule has 0 aromatic heterocycles. The van der Waals surface area contributed by atoms with Crippen LogP contribution >= 0.6 is 23.2 Å². The fraction of sp³-hybridized carbons (Fsp3) is 0.500. The molecule has 1 unspecified atom stereocenters. The van der Waals surface area contributed by atoms with Crippen molar-refractivity contribution in [3.05, 3.63) is 29.3 Å². The maximum atomic E-state index is 11.9. The van der Waals surface area contributed by atoms with Crippen LogP contribution in [0.15, 0.2) is 29.2 Å². The summed E-state index contributed by atoms with van der Waals surface area (Å²) in [4.78, 5) is 0.195. The number of halogens is 2. The standard InChI is InChI=1S/C12H17Cl2NO2S/c1-10(9-13)4-3-7-15-18(16,17)12-6-2-5-11(14)8-12/h2,5-6,8,10,15H,3-4,7,9H2,1H3. The molecule has 0 aliphatic carbocycles. The smallest absolute Gasteiger partial charge is 0.211 e. The zero-order valence-electron chi connectivity index (χ0n) is 10.2. The van der Waals surface area contributed by atoms with E-state index >= 15 is 0 Å². The molecule has 0 amide bonds. The van der Waals surface area contributed by atoms with E-state index in [9.17, 15) is 8.42 Å². The van der Waals surface area contributed by atoms with Crippen LogP contribution in [0.4, 0.5) is 0 Å². The van der Waals surface area contributed by atoms with E-state index < -0.39 is 10.0 Å². The van der Waals surface area contributed by atoms with Gasteiger partial charge in [0.15, 0.2) is 0 Å². The molecule has 1 N–H and O–H groups in total. The lowest BCUT2D eigenvalue weighted by Crippen LogP contribution is -2.25. The van der Waals surface area contributed by atoms with Crippen molar-refractivity contribution in [2.45, 2.75) is 24.7 Å². The summed E-state index contributed by atoms with van der Waals surface area (Å²) < 4.78 is 26.4. The van der Waals surface area contributed by atoms with Crippen molar-refractivity contribution in [2.75, 3.05) is 12.4 Å². The maximum absolute atomic E-state index is 11.9. The molecule has 0 saturated carbocycles. The van der Waals surface area contributed by atoms with Crippen LogP contribution in [0.2, 0.25) is 5.02 Å². The van der Waals surface area contributed by atoms with Gasteiger partial charge in [0, 0.05) is 17.4 Å². The Bertz CT molecular complexity index is 477. The Balaban J connectivity index is 2.51. The van der Waals surface area contributed by atoms with Gasteiger partial charge in [0.2, 0.25) is 10.0 Å². The quantitative estimate of drug-likeness (QED) is 0.620. The molecule has 3 nitrogen and oxygen atoms in total. The molecule has 0 aliphatic rings. The summed E-state index contributed by atoms with van der Waals surface area (Å²) in [5, 5.41) is 0.411. The van der Waals surface area contributed by atoms with Crippen LogP contribution in [0, 0.1) is 5.92 Å². The minimum atomic E-state index is -3.45. The van der Waals surface area contributed by atoms with Crippen molar-refractivity contribution in [3.8, 4) is 0 Å². The molecular formula is C12H17Cl2NO2S. The molecule has 1 aromatic rings. The molecule has 0 radical (unpaired) electrons. The third-order valence-electron chi connectivity index (χ3n) is 2.54. The van der Waals surface area contributed by atoms with Gasteiger partial charge in [-0.15, -0.1) is 11.6 Å². The third kappa shape index (κ3) is 5.14. The Morgan fingerprint density at radius 2 is 2.11 bits per heavy atom. The molecule has 0 aliphatic heterocycles. The first-order valence-electron chi connectivity index (χ1n) is 5.77. The number of rotatable bonds is 7. The molecule has 0 saturated heterocycles. The third-order valence-corrected chi connectivity index (χ3v) is 4.76. The van der Waals surface area contributed by atoms with Gasteiger partial charge in [0.1, 0.15) is 0 Å². The van der Waals surface area contributed by atoms with E-state index in [1.165, 1.54) is 12.1 Å². The van der Waals surface area contributed by atoms with Crippen molar-refractivity contribution >= 4 is 33.2 Å². The van der Waals surface area contributed by atoms with Crippen LogP contribution in [-0.2, 0) is 10.0 Å². The predicted molar refractivity (Wildman–Crippen MR) is 75.8 cm³/mol. The molecule has 1 aromatic carbocycles. The van der Waals surface area contributed by atoms with Crippen molar-refractivity contribution in [2.24, 2.45) is 5.92 Å². The summed E-state index contributed by atoms with van der Waals surface area (Å²) >= 11 is 11.4. The monoisotopic (exact) mass is 309 g/mol. The number of alkyl halides is 1. The Labute approximate surface area is 119 Å². The molecular weight excluding hydrogens is 293 g/mol. The van der Waals surface area contributed by atoms with Crippen molar-refractivity contribution in [1.82, 2.24) is 4.72 Å². The lowest BCUT2D eigenvalue weighted by molar-refractivity contribution is 0.543. The Kier molecular flexibility index (Phi) is 6.43. The van der Waals surface area contributed by atoms with E-state index in [1.54, 1.807) is 12.1 Å². The molecule has 1 atom stereocenters. The van der Waals surface area contributed by atoms with Crippen molar-refractivity contribution in [3.63, 3.8) is 0 Å². The molecule has 0 heterocycles. The van der Waals surface area contributed by atoms with Gasteiger partial charge in [-0.3, -0.25) is 0 Å². The molecule has 0 spiro atoms. The van der Waals surface area contributed by atoms with Gasteiger partial charge in [-0.1, -0.05) is 24.6 Å². The number of hydrogen-bond acceptors (Lipinski definition) is 2. The lowest BCUT2D eigenvalue weighted by Gasteiger charge is -2.09. The van der Waals surface area contributed by atoms with E-state index in [4.69, 9.17) is 23.2 Å². The second-order valence-corrected chi connectivity index (χ2v) is 6.77. The van der Waals surface area contributed by atoms with Crippen LogP contribution in [0.3, 0.4) is 0 Å². The van der Waals surface area contributed by atoms with Crippen molar-refractivity contribution < 1.29 is 8.42 Å². The number of hydrogen-bond donors (Lipinski definition) is 1. The largest absolute Gasteiger partial charge is 0.240 e. The predicted octanol–water partition coefficient (Wildman–Crippen LogP) is 3.27. The molecule has 0 fully saturated rings. The van der Waals surface area contributed by atoms with Gasteiger partial charge in [0.25, 0.3) is 0 Å². The number of benzene rings is 1. The van der Waals surface area contributed by atoms with Gasteiger partial charge in [0.05, 0.1) is 4.90 Å². The molecule has 6 heteroatoms. The summed E-state index contributed by atoms with van der Waals surface area (Å²) in [6.07, 6.45) is 1.68. The van der Waals surface area contributed by atoms with Crippen molar-refractivity contribution in [1.29, 1.82) is 0 Å². The summed E-state index contributed by atoms with van der Waals surface area (Å²) in [5.74, 6) is 1.00. The maximum Gasteiger partial charge on any atom is 0.240 e. The highest BCUT2D eigenvalue weighted by Crippen LogP contribution is 2.15. The number of sulfonamides is 1. The topological polar surface area (TPSA) is 46.2 Å². The Hall–Kier alpha value is -0.290. The van der Waals surface area contributed by atoms with Gasteiger partial charge in [-0.25, -0.2) is 13.1 Å². The van der Waals surface area contributed by atoms with Crippen LogP contribution < -0.4 is 4.72 Å². The van der Waals surface area contributed by atoms with Crippen LogP contribution in [0.5, 0.6) is 0 Å². The van der Waals surface area contributed by atoms with E-state index in [-0.39, 0.29) is 4.90 Å². The van der Waals surface area contributed by atoms with E-state index in [2.05, 4.69) is 4.72 Å². The van der Waals surface area contributed by atoms with E-state index in [1.807, 2.05) is 6.92 Å². The lowest BCUT2D eigenvalue weighted by atomic mass is 10.1. The second kappa shape index (κ2) is 7.34. The van der Waals surface area contributed by atoms with Gasteiger partial charge >= 0.3 is 0 Å². The Morgan fingerprint density at radius 1 is 1.39 bits per heavy atom. The minimum absolute atomic E-state index is 0.195. The van der Waals surface area contributed by atoms with Gasteiger partial charge in [-0.2, -0.15) is 0 Å². The fourth-order valence-electron chi connectivity index (χ4n) is 1.45. The van der Waals surface area contributed by atoms with E-state index in [0.29, 0.717) is 23.4 Å². The first kappa shape index (κ1) is 15.8. The number of nitrogens with one attached hydrogen (secondary N) is 1. The average molecular weight is 310 g/mol. The Morgan fingerprint density at radius 3 is 2.72 bits per heavy atom. The highest BCUT2D eigenvalue weighted by atomic mass is 35.5. The average Bonchev–Trinajstić information content (AvgIpc) is 2.34. The van der Waals surface area contributed by atoms with Crippen LogP contribution in [-0.4, -0.2) is 20.8 Å². The van der Waals surface area contributed by atoms with Crippen LogP contribution in [0.1, 0.15) is 19.8 Å². The minimum Gasteiger partial charge on any atom is -0.211 e. The zero-order chi connectivity index (χ0) is 13.6. The first-order chi connectivity index (χ1) is 8.45. The fourth-order valence-corrected chi connectivity index (χ4v) is 2.98. The summed E-state index contributed by atoms with van der Waals surface area (Å²) in [6.45, 7) is 2.45. The molecule has 102 valence electrons. The zero-order valence-corrected chi connectivity index (χ0v) is 12.5. The first-order valence-corrected chi connectivity index (χ1v) is 8.16. The normalized spacial score (nSPS) is 13.5. The highest BCUT2D eigenvalue weighted by Gasteiger charge is 2.13.